The van der Waals surface area contributed by atoms with E-state index in [9.17, 15) is 4.79 Å². The second-order valence-electron chi connectivity index (χ2n) is 6.51. The molecule has 2 aromatic carbocycles. The van der Waals surface area contributed by atoms with Gasteiger partial charge in [0.25, 0.3) is 0 Å². The third-order valence-corrected chi connectivity index (χ3v) is 3.44. The minimum atomic E-state index is -0.507. The molecule has 4 nitrogen and oxygen atoms in total. The van der Waals surface area contributed by atoms with Gasteiger partial charge in [0, 0.05) is 22.9 Å². The number of rotatable bonds is 5. The van der Waals surface area contributed by atoms with Gasteiger partial charge in [-0.2, -0.15) is 0 Å². The molecule has 0 radical (unpaired) electrons. The van der Waals surface area contributed by atoms with Crippen LogP contribution in [-0.4, -0.2) is 18.2 Å². The van der Waals surface area contributed by atoms with Crippen LogP contribution in [0.4, 0.5) is 16.2 Å². The van der Waals surface area contributed by atoms with Crippen LogP contribution < -0.4 is 10.6 Å². The molecule has 2 aromatic rings. The smallest absolute Gasteiger partial charge is 0.412 e. The monoisotopic (exact) mass is 346 g/mol. The Morgan fingerprint density at radius 3 is 2.17 bits per heavy atom. The molecule has 128 valence electrons. The third-order valence-electron chi connectivity index (χ3n) is 3.19. The molecular formula is C19H23ClN2O2. The zero-order chi connectivity index (χ0) is 17.6. The number of nitrogens with one attached hydrogen (secondary N) is 2. The Labute approximate surface area is 148 Å². The maximum atomic E-state index is 11.7. The molecule has 0 aliphatic heterocycles. The lowest BCUT2D eigenvalue weighted by Crippen LogP contribution is -2.27. The number of carbonyl (C=O) groups excluding carboxylic acids is 1. The molecule has 0 atom stereocenters. The number of ether oxygens (including phenoxy) is 1. The number of carbonyl (C=O) groups is 1. The topological polar surface area (TPSA) is 50.4 Å². The van der Waals surface area contributed by atoms with Gasteiger partial charge >= 0.3 is 6.09 Å². The molecule has 1 amide bonds. The summed E-state index contributed by atoms with van der Waals surface area (Å²) in [4.78, 5) is 11.7. The van der Waals surface area contributed by atoms with Gasteiger partial charge in [-0.15, -0.1) is 0 Å². The van der Waals surface area contributed by atoms with Crippen LogP contribution in [0.5, 0.6) is 0 Å². The highest BCUT2D eigenvalue weighted by Crippen LogP contribution is 2.16. The molecule has 0 saturated carbocycles. The van der Waals surface area contributed by atoms with E-state index in [0.29, 0.717) is 5.69 Å². The number of hydrogen-bond acceptors (Lipinski definition) is 3. The van der Waals surface area contributed by atoms with Gasteiger partial charge in [-0.05, 0) is 69.2 Å². The average molecular weight is 347 g/mol. The summed E-state index contributed by atoms with van der Waals surface area (Å²) in [5.41, 5.74) is 2.43. The first kappa shape index (κ1) is 18.1. The van der Waals surface area contributed by atoms with E-state index in [0.717, 1.165) is 23.7 Å². The Balaban J connectivity index is 1.79. The fourth-order valence-electron chi connectivity index (χ4n) is 2.10. The van der Waals surface area contributed by atoms with Crippen LogP contribution in [0.2, 0.25) is 5.02 Å². The summed E-state index contributed by atoms with van der Waals surface area (Å²) in [6.45, 7) is 6.32. The second kappa shape index (κ2) is 8.06. The van der Waals surface area contributed by atoms with Gasteiger partial charge in [0.05, 0.1) is 0 Å². The number of halogens is 1. The van der Waals surface area contributed by atoms with Crippen LogP contribution in [0.15, 0.2) is 48.5 Å². The Bertz CT molecular complexity index is 661. The SMILES string of the molecule is CC(C)(C)OC(=O)Nc1ccc(NCCc2ccc(Cl)cc2)cc1. The van der Waals surface area contributed by atoms with E-state index in [2.05, 4.69) is 10.6 Å². The highest BCUT2D eigenvalue weighted by Gasteiger charge is 2.15. The van der Waals surface area contributed by atoms with Crippen molar-refractivity contribution in [2.75, 3.05) is 17.2 Å². The first-order chi connectivity index (χ1) is 11.3. The van der Waals surface area contributed by atoms with Crippen molar-refractivity contribution in [1.82, 2.24) is 0 Å². The molecule has 0 aliphatic rings. The number of benzene rings is 2. The van der Waals surface area contributed by atoms with E-state index in [1.54, 1.807) is 0 Å². The summed E-state index contributed by atoms with van der Waals surface area (Å²) in [5.74, 6) is 0. The average Bonchev–Trinajstić information content (AvgIpc) is 2.49. The van der Waals surface area contributed by atoms with E-state index >= 15 is 0 Å². The molecule has 0 bridgehead atoms. The van der Waals surface area contributed by atoms with Crippen molar-refractivity contribution in [3.8, 4) is 0 Å². The van der Waals surface area contributed by atoms with Gasteiger partial charge < -0.3 is 10.1 Å². The predicted octanol–water partition coefficient (Wildman–Crippen LogP) is 5.34. The molecule has 0 aliphatic carbocycles. The van der Waals surface area contributed by atoms with Gasteiger partial charge in [0.1, 0.15) is 5.60 Å². The Hall–Kier alpha value is -2.20. The van der Waals surface area contributed by atoms with Gasteiger partial charge in [-0.1, -0.05) is 23.7 Å². The molecule has 5 heteroatoms. The standard InChI is InChI=1S/C19H23ClN2O2/c1-19(2,3)24-18(23)22-17-10-8-16(9-11-17)21-13-12-14-4-6-15(20)7-5-14/h4-11,21H,12-13H2,1-3H3,(H,22,23). The summed E-state index contributed by atoms with van der Waals surface area (Å²) in [7, 11) is 0. The van der Waals surface area contributed by atoms with E-state index in [1.165, 1.54) is 5.56 Å². The fourth-order valence-corrected chi connectivity index (χ4v) is 2.22. The van der Waals surface area contributed by atoms with Gasteiger partial charge in [0.2, 0.25) is 0 Å². The molecule has 0 saturated heterocycles. The third kappa shape index (κ3) is 6.50. The van der Waals surface area contributed by atoms with Crippen LogP contribution in [-0.2, 0) is 11.2 Å². The first-order valence-corrected chi connectivity index (χ1v) is 8.28. The van der Waals surface area contributed by atoms with E-state index in [4.69, 9.17) is 16.3 Å². The molecule has 0 aromatic heterocycles. The van der Waals surface area contributed by atoms with Crippen molar-refractivity contribution in [3.05, 3.63) is 59.1 Å². The van der Waals surface area contributed by atoms with Crippen molar-refractivity contribution in [2.24, 2.45) is 0 Å². The summed E-state index contributed by atoms with van der Waals surface area (Å²) >= 11 is 5.87. The Morgan fingerprint density at radius 2 is 1.58 bits per heavy atom. The molecular weight excluding hydrogens is 324 g/mol. The Morgan fingerprint density at radius 1 is 1.00 bits per heavy atom. The quantitative estimate of drug-likeness (QED) is 0.768. The summed E-state index contributed by atoms with van der Waals surface area (Å²) in [6.07, 6.45) is 0.459. The van der Waals surface area contributed by atoms with Crippen molar-refractivity contribution in [3.63, 3.8) is 0 Å². The number of hydrogen-bond donors (Lipinski definition) is 2. The molecule has 0 heterocycles. The molecule has 2 N–H and O–H groups in total. The number of anilines is 2. The first-order valence-electron chi connectivity index (χ1n) is 7.90. The molecule has 2 rings (SSSR count). The van der Waals surface area contributed by atoms with Crippen LogP contribution >= 0.6 is 11.6 Å². The summed E-state index contributed by atoms with van der Waals surface area (Å²) in [5, 5.41) is 6.81. The Kier molecular flexibility index (Phi) is 6.10. The van der Waals surface area contributed by atoms with Crippen LogP contribution in [0, 0.1) is 0 Å². The van der Waals surface area contributed by atoms with E-state index in [-0.39, 0.29) is 0 Å². The normalized spacial score (nSPS) is 11.0. The van der Waals surface area contributed by atoms with Gasteiger partial charge in [-0.3, -0.25) is 5.32 Å². The van der Waals surface area contributed by atoms with Crippen LogP contribution in [0.1, 0.15) is 26.3 Å². The summed E-state index contributed by atoms with van der Waals surface area (Å²) < 4.78 is 5.22. The minimum absolute atomic E-state index is 0.453. The lowest BCUT2D eigenvalue weighted by atomic mass is 10.1. The summed E-state index contributed by atoms with van der Waals surface area (Å²) in [6, 6.07) is 15.4. The van der Waals surface area contributed by atoms with Crippen LogP contribution in [0.25, 0.3) is 0 Å². The highest BCUT2D eigenvalue weighted by atomic mass is 35.5. The highest BCUT2D eigenvalue weighted by molar-refractivity contribution is 6.30. The van der Waals surface area contributed by atoms with Crippen molar-refractivity contribution in [2.45, 2.75) is 32.8 Å². The zero-order valence-electron chi connectivity index (χ0n) is 14.2. The lowest BCUT2D eigenvalue weighted by molar-refractivity contribution is 0.0636. The number of amides is 1. The fraction of sp³-hybridized carbons (Fsp3) is 0.316. The maximum Gasteiger partial charge on any atom is 0.412 e. The maximum absolute atomic E-state index is 11.7. The molecule has 24 heavy (non-hydrogen) atoms. The predicted molar refractivity (Wildman–Crippen MR) is 99.9 cm³/mol. The van der Waals surface area contributed by atoms with E-state index < -0.39 is 11.7 Å². The van der Waals surface area contributed by atoms with Gasteiger partial charge in [-0.25, -0.2) is 4.79 Å². The van der Waals surface area contributed by atoms with Crippen molar-refractivity contribution >= 4 is 29.1 Å². The zero-order valence-corrected chi connectivity index (χ0v) is 15.0. The van der Waals surface area contributed by atoms with E-state index in [1.807, 2.05) is 69.3 Å². The van der Waals surface area contributed by atoms with Crippen molar-refractivity contribution in [1.29, 1.82) is 0 Å². The molecule has 0 unspecified atom stereocenters. The molecule has 0 fully saturated rings. The minimum Gasteiger partial charge on any atom is -0.444 e. The van der Waals surface area contributed by atoms with Crippen LogP contribution in [0.3, 0.4) is 0 Å². The van der Waals surface area contributed by atoms with Gasteiger partial charge in [0.15, 0.2) is 0 Å². The molecule has 0 spiro atoms. The second-order valence-corrected chi connectivity index (χ2v) is 6.94. The lowest BCUT2D eigenvalue weighted by Gasteiger charge is -2.19. The van der Waals surface area contributed by atoms with Crippen molar-refractivity contribution < 1.29 is 9.53 Å². The largest absolute Gasteiger partial charge is 0.444 e.